The van der Waals surface area contributed by atoms with Gasteiger partial charge in [-0.15, -0.1) is 11.3 Å². The molecule has 4 nitrogen and oxygen atoms in total. The molecule has 8 aromatic carbocycles. The number of benzene rings is 8. The molecule has 0 unspecified atom stereocenters. The van der Waals surface area contributed by atoms with E-state index in [0.29, 0.717) is 5.95 Å². The van der Waals surface area contributed by atoms with Gasteiger partial charge in [-0.05, 0) is 47.2 Å². The molecule has 0 aliphatic heterocycles. The molecule has 0 atom stereocenters. The second-order valence-corrected chi connectivity index (χ2v) is 15.2. The van der Waals surface area contributed by atoms with Crippen molar-refractivity contribution in [3.63, 3.8) is 0 Å². The van der Waals surface area contributed by atoms with Gasteiger partial charge in [0.2, 0.25) is 5.95 Å². The molecule has 13 aromatic rings. The van der Waals surface area contributed by atoms with Crippen molar-refractivity contribution >= 4 is 113 Å². The van der Waals surface area contributed by atoms with Gasteiger partial charge in [-0.2, -0.15) is 0 Å². The van der Waals surface area contributed by atoms with Crippen LogP contribution in [0.3, 0.4) is 0 Å². The molecule has 5 heteroatoms. The maximum atomic E-state index is 5.56. The average molecular weight is 691 g/mol. The zero-order chi connectivity index (χ0) is 34.4. The van der Waals surface area contributed by atoms with Gasteiger partial charge in [-0.3, -0.25) is 4.57 Å². The predicted molar refractivity (Wildman–Crippen MR) is 224 cm³/mol. The molecule has 0 radical (unpaired) electrons. The molecule has 5 aromatic heterocycles. The van der Waals surface area contributed by atoms with Crippen LogP contribution >= 0.6 is 11.3 Å². The van der Waals surface area contributed by atoms with Crippen LogP contribution in [0.1, 0.15) is 0 Å². The van der Waals surface area contributed by atoms with Crippen LogP contribution in [0.15, 0.2) is 158 Å². The minimum atomic E-state index is 0.673. The van der Waals surface area contributed by atoms with Crippen LogP contribution in [0.25, 0.3) is 119 Å². The van der Waals surface area contributed by atoms with Crippen molar-refractivity contribution < 1.29 is 0 Å². The van der Waals surface area contributed by atoms with Crippen molar-refractivity contribution in [2.75, 3.05) is 0 Å². The average Bonchev–Trinajstić information content (AvgIpc) is 3.84. The molecule has 5 heterocycles. The van der Waals surface area contributed by atoms with E-state index in [1.54, 1.807) is 0 Å². The van der Waals surface area contributed by atoms with Crippen LogP contribution in [0, 0.1) is 0 Å². The Labute approximate surface area is 305 Å². The van der Waals surface area contributed by atoms with E-state index < -0.39 is 0 Å². The third-order valence-electron chi connectivity index (χ3n) is 11.4. The number of thiophene rings is 1. The summed E-state index contributed by atoms with van der Waals surface area (Å²) in [5.74, 6) is 0.673. The van der Waals surface area contributed by atoms with Gasteiger partial charge in [0.25, 0.3) is 0 Å². The molecule has 244 valence electrons. The molecule has 0 saturated carbocycles. The third-order valence-corrected chi connectivity index (χ3v) is 12.5. The third kappa shape index (κ3) is 3.50. The van der Waals surface area contributed by atoms with E-state index in [1.807, 2.05) is 11.3 Å². The standard InChI is InChI=1S/C48H26N4S/c1-2-13-28(14-3-1)46-41-29-15-5-4-12-27(29)24-25-34(41)49-48(50-46)52-37-22-11-21-36-44(37)45-38(52)26-40-42(32-17-7-9-23-39(32)53-40)43(45)33-19-10-18-31-30-16-6-8-20-35(30)51(36)47(31)33/h1-26H. The van der Waals surface area contributed by atoms with Crippen molar-refractivity contribution in [1.29, 1.82) is 0 Å². The van der Waals surface area contributed by atoms with Gasteiger partial charge in [0, 0.05) is 63.4 Å². The van der Waals surface area contributed by atoms with E-state index in [0.717, 1.165) is 38.6 Å². The number of rotatable bonds is 2. The fourth-order valence-corrected chi connectivity index (χ4v) is 10.5. The Morgan fingerprint density at radius 3 is 2.06 bits per heavy atom. The molecular weight excluding hydrogens is 665 g/mol. The van der Waals surface area contributed by atoms with Gasteiger partial charge in [-0.25, -0.2) is 9.97 Å². The van der Waals surface area contributed by atoms with Crippen LogP contribution in [-0.4, -0.2) is 18.9 Å². The molecule has 53 heavy (non-hydrogen) atoms. The lowest BCUT2D eigenvalue weighted by Gasteiger charge is -2.14. The molecule has 0 N–H and O–H groups in total. The van der Waals surface area contributed by atoms with Crippen molar-refractivity contribution in [2.24, 2.45) is 0 Å². The Balaban J connectivity index is 1.31. The maximum absolute atomic E-state index is 5.56. The number of hydrogen-bond donors (Lipinski definition) is 0. The summed E-state index contributed by atoms with van der Waals surface area (Å²) in [4.78, 5) is 11.0. The summed E-state index contributed by atoms with van der Waals surface area (Å²) in [6, 6.07) is 57.2. The van der Waals surface area contributed by atoms with E-state index in [-0.39, 0.29) is 0 Å². The molecule has 0 fully saturated rings. The Hall–Kier alpha value is -6.82. The van der Waals surface area contributed by atoms with E-state index in [1.165, 1.54) is 74.4 Å². The highest BCUT2D eigenvalue weighted by Crippen LogP contribution is 2.49. The molecular formula is C48H26N4S. The quantitative estimate of drug-likeness (QED) is 0.169. The second-order valence-electron chi connectivity index (χ2n) is 14.1. The van der Waals surface area contributed by atoms with Crippen molar-refractivity contribution in [1.82, 2.24) is 18.9 Å². The Morgan fingerprint density at radius 2 is 1.13 bits per heavy atom. The molecule has 0 bridgehead atoms. The van der Waals surface area contributed by atoms with Gasteiger partial charge in [-0.1, -0.05) is 121 Å². The van der Waals surface area contributed by atoms with Gasteiger partial charge in [0.1, 0.15) is 0 Å². The summed E-state index contributed by atoms with van der Waals surface area (Å²) in [7, 11) is 0. The highest BCUT2D eigenvalue weighted by atomic mass is 32.1. The minimum Gasteiger partial charge on any atom is -0.308 e. The van der Waals surface area contributed by atoms with E-state index in [2.05, 4.69) is 167 Å². The highest BCUT2D eigenvalue weighted by Gasteiger charge is 2.26. The Morgan fingerprint density at radius 1 is 0.415 bits per heavy atom. The van der Waals surface area contributed by atoms with E-state index in [4.69, 9.17) is 9.97 Å². The first-order valence-electron chi connectivity index (χ1n) is 18.0. The zero-order valence-electron chi connectivity index (χ0n) is 28.2. The van der Waals surface area contributed by atoms with Crippen molar-refractivity contribution in [2.45, 2.75) is 0 Å². The number of hydrogen-bond acceptors (Lipinski definition) is 3. The van der Waals surface area contributed by atoms with Crippen LogP contribution in [0.5, 0.6) is 0 Å². The zero-order valence-corrected chi connectivity index (χ0v) is 29.0. The fraction of sp³-hybridized carbons (Fsp3) is 0. The lowest BCUT2D eigenvalue weighted by Crippen LogP contribution is -2.04. The van der Waals surface area contributed by atoms with Crippen LogP contribution in [0.4, 0.5) is 0 Å². The summed E-state index contributed by atoms with van der Waals surface area (Å²) in [6.07, 6.45) is 0. The summed E-state index contributed by atoms with van der Waals surface area (Å²) >= 11 is 1.87. The first kappa shape index (κ1) is 27.8. The lowest BCUT2D eigenvalue weighted by molar-refractivity contribution is 1.02. The monoisotopic (exact) mass is 690 g/mol. The van der Waals surface area contributed by atoms with Gasteiger partial charge in [0.15, 0.2) is 0 Å². The van der Waals surface area contributed by atoms with Crippen LogP contribution in [0.2, 0.25) is 0 Å². The first-order chi connectivity index (χ1) is 26.3. The molecule has 0 aliphatic carbocycles. The number of nitrogens with zero attached hydrogens (tertiary/aromatic N) is 4. The Kier molecular flexibility index (Phi) is 5.22. The molecule has 0 spiro atoms. The summed E-state index contributed by atoms with van der Waals surface area (Å²) in [5.41, 5.74) is 8.80. The van der Waals surface area contributed by atoms with E-state index in [9.17, 15) is 0 Å². The molecule has 0 saturated heterocycles. The first-order valence-corrected chi connectivity index (χ1v) is 18.8. The summed E-state index contributed by atoms with van der Waals surface area (Å²) in [6.45, 7) is 0. The van der Waals surface area contributed by atoms with E-state index >= 15 is 0 Å². The summed E-state index contributed by atoms with van der Waals surface area (Å²) < 4.78 is 7.39. The summed E-state index contributed by atoms with van der Waals surface area (Å²) in [5, 5.41) is 13.6. The van der Waals surface area contributed by atoms with Gasteiger partial charge in [0.05, 0.1) is 38.8 Å². The van der Waals surface area contributed by atoms with Crippen LogP contribution in [-0.2, 0) is 0 Å². The normalized spacial score (nSPS) is 12.5. The minimum absolute atomic E-state index is 0.673. The largest absolute Gasteiger partial charge is 0.308 e. The predicted octanol–water partition coefficient (Wildman–Crippen LogP) is 13.1. The van der Waals surface area contributed by atoms with Gasteiger partial charge >= 0.3 is 0 Å². The highest BCUT2D eigenvalue weighted by molar-refractivity contribution is 7.26. The number of fused-ring (bicyclic) bond motifs is 12. The fourth-order valence-electron chi connectivity index (χ4n) is 9.34. The topological polar surface area (TPSA) is 35.1 Å². The van der Waals surface area contributed by atoms with Gasteiger partial charge < -0.3 is 4.40 Å². The second kappa shape index (κ2) is 9.94. The van der Waals surface area contributed by atoms with Crippen LogP contribution < -0.4 is 0 Å². The lowest BCUT2D eigenvalue weighted by atomic mass is 9.99. The molecule has 13 rings (SSSR count). The van der Waals surface area contributed by atoms with Crippen molar-refractivity contribution in [3.8, 4) is 17.2 Å². The SMILES string of the molecule is c1ccc(-c2nc(-n3c4cc5sc6ccccc6c5c5c6cccc7c8ccccc8n(c8cccc3c8c54)c76)nc3ccc4ccccc4c23)cc1. The van der Waals surface area contributed by atoms with Crippen molar-refractivity contribution in [3.05, 3.63) is 158 Å². The smallest absolute Gasteiger partial charge is 0.235 e. The number of aromatic nitrogens is 4. The molecule has 0 aliphatic rings. The molecule has 0 amide bonds. The Bertz CT molecular complexity index is 3680. The number of para-hydroxylation sites is 2. The maximum Gasteiger partial charge on any atom is 0.235 e.